The predicted octanol–water partition coefficient (Wildman–Crippen LogP) is 11.7. The zero-order valence-electron chi connectivity index (χ0n) is 34.8. The highest BCUT2D eigenvalue weighted by Crippen LogP contribution is 2.43. The Morgan fingerprint density at radius 2 is 1.09 bits per heavy atom. The molecule has 9 nitrogen and oxygen atoms in total. The van der Waals surface area contributed by atoms with E-state index in [1.165, 1.54) is 57.8 Å². The lowest BCUT2D eigenvalue weighted by Crippen LogP contribution is -2.37. The summed E-state index contributed by atoms with van der Waals surface area (Å²) >= 11 is 0. The molecule has 0 saturated heterocycles. The maximum atomic E-state index is 12.7. The van der Waals surface area contributed by atoms with Crippen molar-refractivity contribution in [2.45, 2.75) is 161 Å². The lowest BCUT2D eigenvalue weighted by Gasteiger charge is -2.24. The number of esters is 2. The molecule has 0 amide bonds. The molecule has 312 valence electrons. The van der Waals surface area contributed by atoms with Crippen molar-refractivity contribution in [1.82, 2.24) is 0 Å². The third kappa shape index (κ3) is 39.4. The molecule has 0 aliphatic rings. The normalized spacial score (nSPS) is 14.0. The van der Waals surface area contributed by atoms with Crippen molar-refractivity contribution in [3.05, 3.63) is 61.3 Å². The summed E-state index contributed by atoms with van der Waals surface area (Å²) < 4.78 is 34.2. The second-order valence-electron chi connectivity index (χ2n) is 15.2. The molecule has 0 fully saturated rings. The summed E-state index contributed by atoms with van der Waals surface area (Å²) in [7, 11) is 1.45. The minimum atomic E-state index is -4.38. The number of allylic oxidation sites excluding steroid dienone is 9. The predicted molar refractivity (Wildman–Crippen MR) is 224 cm³/mol. The quantitative estimate of drug-likeness (QED) is 0.0165. The average Bonchev–Trinajstić information content (AvgIpc) is 3.12. The van der Waals surface area contributed by atoms with E-state index in [2.05, 4.69) is 31.7 Å². The van der Waals surface area contributed by atoms with E-state index < -0.39 is 32.5 Å². The Bertz CT molecular complexity index is 1090. The fourth-order valence-corrected chi connectivity index (χ4v) is 6.22. The third-order valence-corrected chi connectivity index (χ3v) is 9.76. The Kier molecular flexibility index (Phi) is 34.8. The number of phosphoric ester groups is 1. The van der Waals surface area contributed by atoms with Crippen molar-refractivity contribution in [3.63, 3.8) is 0 Å². The van der Waals surface area contributed by atoms with Gasteiger partial charge in [-0.15, -0.1) is 6.58 Å². The number of hydrogen-bond acceptors (Lipinski definition) is 7. The molecule has 0 bridgehead atoms. The van der Waals surface area contributed by atoms with Crippen LogP contribution in [-0.2, 0) is 32.7 Å². The van der Waals surface area contributed by atoms with Crippen LogP contribution in [0.5, 0.6) is 0 Å². The number of hydrogen-bond donors (Lipinski definition) is 1. The number of likely N-dealkylation sites (N-methyl/N-ethyl adjacent to an activating group) is 1. The van der Waals surface area contributed by atoms with Crippen molar-refractivity contribution >= 4 is 19.8 Å². The standard InChI is InChI=1S/C44H78NO8P/c1-6-8-10-12-14-16-18-20-22-24-26-28-30-32-34-36-43(46)50-40-42(41-52-54(48,49)51-39-38-45(3,4)5)53-44(47)37-35-33-31-29-27-25-23-21-19-17-15-13-11-9-7-2/h7-8,10,12,14,16,18,20,22,42H,2,6,9,11,13,15,17,19,21,23-41H2,1,3-5H3/p+1/b10-8+,14-12+,18-16+,22-20+/t42-/m1/s1. The summed E-state index contributed by atoms with van der Waals surface area (Å²) in [6, 6.07) is 0. The molecule has 0 heterocycles. The average molecular weight is 781 g/mol. The van der Waals surface area contributed by atoms with Crippen molar-refractivity contribution in [3.8, 4) is 0 Å². The van der Waals surface area contributed by atoms with Gasteiger partial charge in [0, 0.05) is 12.8 Å². The molecule has 0 saturated carbocycles. The smallest absolute Gasteiger partial charge is 0.462 e. The van der Waals surface area contributed by atoms with Gasteiger partial charge in [0.2, 0.25) is 0 Å². The highest BCUT2D eigenvalue weighted by atomic mass is 31.2. The summed E-state index contributed by atoms with van der Waals surface area (Å²) in [6.07, 6.45) is 41.5. The molecule has 0 radical (unpaired) electrons. The summed E-state index contributed by atoms with van der Waals surface area (Å²) in [6.45, 7) is 5.76. The maximum absolute atomic E-state index is 12.7. The molecule has 0 aliphatic heterocycles. The van der Waals surface area contributed by atoms with Crippen LogP contribution in [0, 0.1) is 0 Å². The van der Waals surface area contributed by atoms with E-state index in [4.69, 9.17) is 18.5 Å². The lowest BCUT2D eigenvalue weighted by molar-refractivity contribution is -0.870. The third-order valence-electron chi connectivity index (χ3n) is 8.77. The van der Waals surface area contributed by atoms with E-state index in [1.54, 1.807) is 0 Å². The van der Waals surface area contributed by atoms with Crippen molar-refractivity contribution in [2.75, 3.05) is 47.5 Å². The molecule has 2 atom stereocenters. The second-order valence-corrected chi connectivity index (χ2v) is 16.6. The number of phosphoric acid groups is 1. The van der Waals surface area contributed by atoms with Gasteiger partial charge in [0.1, 0.15) is 19.8 Å². The number of carbonyl (C=O) groups is 2. The van der Waals surface area contributed by atoms with Gasteiger partial charge in [-0.3, -0.25) is 18.6 Å². The second kappa shape index (κ2) is 36.4. The first-order valence-electron chi connectivity index (χ1n) is 21.0. The van der Waals surface area contributed by atoms with E-state index in [9.17, 15) is 19.0 Å². The first-order valence-corrected chi connectivity index (χ1v) is 22.5. The van der Waals surface area contributed by atoms with Gasteiger partial charge < -0.3 is 18.9 Å². The van der Waals surface area contributed by atoms with Crippen LogP contribution < -0.4 is 0 Å². The minimum absolute atomic E-state index is 0.0245. The van der Waals surface area contributed by atoms with Gasteiger partial charge in [-0.2, -0.15) is 0 Å². The van der Waals surface area contributed by atoms with Gasteiger partial charge >= 0.3 is 19.8 Å². The topological polar surface area (TPSA) is 108 Å². The first-order chi connectivity index (χ1) is 26.0. The molecule has 0 rings (SSSR count). The number of nitrogens with zero attached hydrogens (tertiary/aromatic N) is 1. The van der Waals surface area contributed by atoms with Crippen molar-refractivity contribution in [2.24, 2.45) is 0 Å². The Morgan fingerprint density at radius 3 is 1.61 bits per heavy atom. The molecule has 1 unspecified atom stereocenters. The zero-order chi connectivity index (χ0) is 40.0. The molecular weight excluding hydrogens is 701 g/mol. The van der Waals surface area contributed by atoms with Gasteiger partial charge in [0.25, 0.3) is 0 Å². The highest BCUT2D eigenvalue weighted by molar-refractivity contribution is 7.47. The highest BCUT2D eigenvalue weighted by Gasteiger charge is 2.27. The minimum Gasteiger partial charge on any atom is -0.462 e. The van der Waals surface area contributed by atoms with Crippen LogP contribution in [0.3, 0.4) is 0 Å². The largest absolute Gasteiger partial charge is 0.472 e. The zero-order valence-corrected chi connectivity index (χ0v) is 35.7. The number of ether oxygens (including phenoxy) is 2. The summed E-state index contributed by atoms with van der Waals surface area (Å²) in [5.74, 6) is -0.832. The Hall–Kier alpha value is -2.29. The van der Waals surface area contributed by atoms with Crippen LogP contribution in [-0.4, -0.2) is 74.9 Å². The van der Waals surface area contributed by atoms with Gasteiger partial charge in [-0.25, -0.2) is 4.57 Å². The molecule has 0 aromatic carbocycles. The number of rotatable bonds is 38. The van der Waals surface area contributed by atoms with Crippen LogP contribution in [0.1, 0.15) is 155 Å². The van der Waals surface area contributed by atoms with Crippen LogP contribution in [0.2, 0.25) is 0 Å². The Labute approximate surface area is 330 Å². The molecule has 10 heteroatoms. The fraction of sp³-hybridized carbons (Fsp3) is 0.727. The van der Waals surface area contributed by atoms with E-state index in [-0.39, 0.29) is 26.1 Å². The van der Waals surface area contributed by atoms with Gasteiger partial charge in [-0.1, -0.05) is 151 Å². The molecule has 0 aliphatic carbocycles. The molecule has 0 aromatic rings. The molecule has 0 spiro atoms. The van der Waals surface area contributed by atoms with Gasteiger partial charge in [0.05, 0.1) is 27.7 Å². The molecule has 0 aromatic heterocycles. The number of quaternary nitrogens is 1. The van der Waals surface area contributed by atoms with E-state index in [1.807, 2.05) is 57.6 Å². The van der Waals surface area contributed by atoms with Crippen LogP contribution in [0.15, 0.2) is 61.3 Å². The number of carbonyl (C=O) groups excluding carboxylic acids is 2. The Balaban J connectivity index is 4.41. The summed E-state index contributed by atoms with van der Waals surface area (Å²) in [5, 5.41) is 0. The molecular formula is C44H79NO8P+. The van der Waals surface area contributed by atoms with E-state index in [0.29, 0.717) is 23.9 Å². The fourth-order valence-electron chi connectivity index (χ4n) is 5.47. The molecule has 54 heavy (non-hydrogen) atoms. The van der Waals surface area contributed by atoms with E-state index >= 15 is 0 Å². The van der Waals surface area contributed by atoms with Crippen LogP contribution in [0.25, 0.3) is 0 Å². The maximum Gasteiger partial charge on any atom is 0.472 e. The van der Waals surface area contributed by atoms with Crippen LogP contribution in [0.4, 0.5) is 0 Å². The first kappa shape index (κ1) is 51.7. The SMILES string of the molecule is C=CCCCCCCCCCCCCCCCC(=O)O[C@H](COC(=O)CCCCCCC/C=C/C=C/C=C/C=C/CC)COP(=O)(O)OCC[N+](C)(C)C. The van der Waals surface area contributed by atoms with Crippen molar-refractivity contribution < 1.29 is 42.1 Å². The lowest BCUT2D eigenvalue weighted by atomic mass is 10.0. The summed E-state index contributed by atoms with van der Waals surface area (Å²) in [5.41, 5.74) is 0. The number of unbranched alkanes of at least 4 members (excludes halogenated alkanes) is 18. The summed E-state index contributed by atoms with van der Waals surface area (Å²) in [4.78, 5) is 35.3. The van der Waals surface area contributed by atoms with E-state index in [0.717, 1.165) is 64.2 Å². The van der Waals surface area contributed by atoms with Crippen molar-refractivity contribution in [1.29, 1.82) is 0 Å². The Morgan fingerprint density at radius 1 is 0.630 bits per heavy atom. The van der Waals surface area contributed by atoms with Gasteiger partial charge in [0.15, 0.2) is 6.10 Å². The monoisotopic (exact) mass is 781 g/mol. The molecule has 1 N–H and O–H groups in total. The van der Waals surface area contributed by atoms with Gasteiger partial charge in [-0.05, 0) is 44.9 Å². The van der Waals surface area contributed by atoms with Crippen LogP contribution >= 0.6 is 7.82 Å².